The number of phenols is 2. The molecule has 5 rings (SSSR count). The number of aromatic nitrogens is 3. The first-order valence-corrected chi connectivity index (χ1v) is 13.1. The third kappa shape index (κ3) is 4.94. The van der Waals surface area contributed by atoms with Crippen LogP contribution in [0.1, 0.15) is 52.7 Å². The predicted octanol–water partition coefficient (Wildman–Crippen LogP) is 7.77. The fourth-order valence-electron chi connectivity index (χ4n) is 4.82. The van der Waals surface area contributed by atoms with Gasteiger partial charge < -0.3 is 14.9 Å². The van der Waals surface area contributed by atoms with Gasteiger partial charge in [-0.1, -0.05) is 84.0 Å². The molecule has 0 spiro atoms. The van der Waals surface area contributed by atoms with Crippen molar-refractivity contribution < 1.29 is 14.9 Å². The van der Waals surface area contributed by atoms with Crippen LogP contribution in [0.15, 0.2) is 72.8 Å². The largest absolute Gasteiger partial charge is 0.508 e. The lowest BCUT2D eigenvalue weighted by Crippen LogP contribution is -2.19. The van der Waals surface area contributed by atoms with Crippen LogP contribution in [0.25, 0.3) is 39.0 Å². The summed E-state index contributed by atoms with van der Waals surface area (Å²) in [7, 11) is 1.69. The molecule has 0 aliphatic carbocycles. The number of nitrogens with zero attached hydrogens (tertiary/aromatic N) is 3. The molecule has 1 heterocycles. The number of hydrogen-bond acceptors (Lipinski definition) is 5. The van der Waals surface area contributed by atoms with Crippen molar-refractivity contribution in [1.29, 1.82) is 0 Å². The predicted molar refractivity (Wildman–Crippen MR) is 157 cm³/mol. The molecule has 6 heteroatoms. The molecule has 1 aromatic heterocycles. The van der Waals surface area contributed by atoms with Gasteiger partial charge in [-0.3, -0.25) is 0 Å². The fraction of sp³-hybridized carbons (Fsp3) is 0.273. The molecular formula is C33H35N3O3. The van der Waals surface area contributed by atoms with E-state index in [1.807, 2.05) is 36.4 Å². The van der Waals surface area contributed by atoms with Crippen LogP contribution in [-0.2, 0) is 10.8 Å². The molecule has 0 saturated heterocycles. The van der Waals surface area contributed by atoms with Gasteiger partial charge in [-0.2, -0.15) is 0 Å². The van der Waals surface area contributed by atoms with Crippen LogP contribution in [-0.4, -0.2) is 32.3 Å². The molecule has 0 bridgehead atoms. The molecule has 5 aromatic rings. The van der Waals surface area contributed by atoms with E-state index in [1.165, 1.54) is 5.56 Å². The Hall–Kier alpha value is -4.32. The third-order valence-corrected chi connectivity index (χ3v) is 7.06. The Morgan fingerprint density at radius 3 is 1.49 bits per heavy atom. The quantitative estimate of drug-likeness (QED) is 0.252. The van der Waals surface area contributed by atoms with Crippen molar-refractivity contribution >= 4 is 11.0 Å². The summed E-state index contributed by atoms with van der Waals surface area (Å²) in [6.45, 7) is 13.1. The molecule has 0 radical (unpaired) electrons. The standard InChI is InChI=1S/C33H35N3O3/c1-32(2,3)22-18-27(33(4,5)6)31(39-7)28(19-22)36-34-29-25(20-8-12-23(37)13-9-20)16-17-26(30(29)35-36)21-10-14-24(38)15-11-21/h8-19,37-38H,1-7H3. The lowest BCUT2D eigenvalue weighted by molar-refractivity contribution is 0.392. The normalized spacial score (nSPS) is 12.2. The Morgan fingerprint density at radius 2 is 1.10 bits per heavy atom. The minimum absolute atomic E-state index is 0.0952. The van der Waals surface area contributed by atoms with Gasteiger partial charge in [-0.05, 0) is 57.9 Å². The summed E-state index contributed by atoms with van der Waals surface area (Å²) in [5, 5.41) is 29.8. The van der Waals surface area contributed by atoms with Crippen molar-refractivity contribution in [3.63, 3.8) is 0 Å². The number of benzene rings is 4. The number of phenolic OH excluding ortho intramolecular Hbond substituents is 2. The highest BCUT2D eigenvalue weighted by molar-refractivity contribution is 6.00. The van der Waals surface area contributed by atoms with E-state index in [1.54, 1.807) is 36.2 Å². The molecule has 0 atom stereocenters. The Labute approximate surface area is 229 Å². The van der Waals surface area contributed by atoms with Crippen LogP contribution < -0.4 is 4.74 Å². The smallest absolute Gasteiger partial charge is 0.150 e. The molecule has 0 saturated carbocycles. The van der Waals surface area contributed by atoms with Gasteiger partial charge in [0.05, 0.1) is 7.11 Å². The molecule has 4 aromatic carbocycles. The highest BCUT2D eigenvalue weighted by atomic mass is 16.5. The molecule has 0 amide bonds. The van der Waals surface area contributed by atoms with E-state index in [-0.39, 0.29) is 22.3 Å². The molecule has 0 fully saturated rings. The van der Waals surface area contributed by atoms with Gasteiger partial charge in [0, 0.05) is 16.7 Å². The highest BCUT2D eigenvalue weighted by Gasteiger charge is 2.28. The van der Waals surface area contributed by atoms with E-state index in [2.05, 4.69) is 53.7 Å². The number of fused-ring (bicyclic) bond motifs is 1. The van der Waals surface area contributed by atoms with Gasteiger partial charge in [0.1, 0.15) is 34.0 Å². The van der Waals surface area contributed by atoms with Gasteiger partial charge >= 0.3 is 0 Å². The second-order valence-corrected chi connectivity index (χ2v) is 12.0. The molecule has 6 nitrogen and oxygen atoms in total. The van der Waals surface area contributed by atoms with Crippen molar-refractivity contribution in [3.8, 4) is 45.2 Å². The van der Waals surface area contributed by atoms with Gasteiger partial charge in [0.15, 0.2) is 0 Å². The van der Waals surface area contributed by atoms with Crippen LogP contribution in [0, 0.1) is 0 Å². The van der Waals surface area contributed by atoms with Crippen molar-refractivity contribution in [2.75, 3.05) is 7.11 Å². The minimum atomic E-state index is -0.164. The van der Waals surface area contributed by atoms with E-state index in [0.29, 0.717) is 0 Å². The lowest BCUT2D eigenvalue weighted by atomic mass is 9.79. The highest BCUT2D eigenvalue weighted by Crippen LogP contribution is 2.41. The Kier molecular flexibility index (Phi) is 6.37. The molecule has 2 N–H and O–H groups in total. The third-order valence-electron chi connectivity index (χ3n) is 7.06. The molecule has 0 unspecified atom stereocenters. The number of rotatable bonds is 4. The summed E-state index contributed by atoms with van der Waals surface area (Å²) >= 11 is 0. The van der Waals surface area contributed by atoms with Crippen molar-refractivity contribution in [2.24, 2.45) is 0 Å². The number of methoxy groups -OCH3 is 1. The first-order chi connectivity index (χ1) is 18.4. The van der Waals surface area contributed by atoms with Gasteiger partial charge in [0.2, 0.25) is 0 Å². The number of aromatic hydroxyl groups is 2. The number of hydrogen-bond donors (Lipinski definition) is 2. The maximum atomic E-state index is 9.86. The molecular weight excluding hydrogens is 486 g/mol. The van der Waals surface area contributed by atoms with E-state index >= 15 is 0 Å². The zero-order valence-electron chi connectivity index (χ0n) is 23.6. The zero-order chi connectivity index (χ0) is 28.1. The zero-order valence-corrected chi connectivity index (χ0v) is 23.6. The SMILES string of the molecule is COc1c(-n2nc3c(-c4ccc(O)cc4)ccc(-c4ccc(O)cc4)c3n2)cc(C(C)(C)C)cc1C(C)(C)C. The summed E-state index contributed by atoms with van der Waals surface area (Å²) in [6, 6.07) is 22.6. The first kappa shape index (κ1) is 26.3. The average Bonchev–Trinajstić information content (AvgIpc) is 3.33. The second kappa shape index (κ2) is 9.45. The van der Waals surface area contributed by atoms with E-state index in [4.69, 9.17) is 14.9 Å². The second-order valence-electron chi connectivity index (χ2n) is 12.0. The van der Waals surface area contributed by atoms with Crippen LogP contribution in [0.5, 0.6) is 17.2 Å². The molecule has 0 aliphatic rings. The maximum absolute atomic E-state index is 9.86. The van der Waals surface area contributed by atoms with Gasteiger partial charge in [0.25, 0.3) is 0 Å². The van der Waals surface area contributed by atoms with Crippen molar-refractivity contribution in [2.45, 2.75) is 52.4 Å². The maximum Gasteiger partial charge on any atom is 0.150 e. The van der Waals surface area contributed by atoms with Crippen LogP contribution >= 0.6 is 0 Å². The van der Waals surface area contributed by atoms with Crippen molar-refractivity contribution in [3.05, 3.63) is 83.9 Å². The molecule has 0 aliphatic heterocycles. The van der Waals surface area contributed by atoms with Crippen LogP contribution in [0.3, 0.4) is 0 Å². The minimum Gasteiger partial charge on any atom is -0.508 e. The Balaban J connectivity index is 1.84. The van der Waals surface area contributed by atoms with E-state index < -0.39 is 0 Å². The summed E-state index contributed by atoms with van der Waals surface area (Å²) in [5.41, 5.74) is 7.89. The Morgan fingerprint density at radius 1 is 0.641 bits per heavy atom. The van der Waals surface area contributed by atoms with E-state index in [9.17, 15) is 10.2 Å². The van der Waals surface area contributed by atoms with Gasteiger partial charge in [-0.15, -0.1) is 15.0 Å². The van der Waals surface area contributed by atoms with Crippen LogP contribution in [0.2, 0.25) is 0 Å². The monoisotopic (exact) mass is 521 g/mol. The van der Waals surface area contributed by atoms with E-state index in [0.717, 1.165) is 50.3 Å². The van der Waals surface area contributed by atoms with Crippen LogP contribution in [0.4, 0.5) is 0 Å². The lowest BCUT2D eigenvalue weighted by Gasteiger charge is -2.28. The van der Waals surface area contributed by atoms with Gasteiger partial charge in [-0.25, -0.2) is 0 Å². The topological polar surface area (TPSA) is 80.4 Å². The summed E-state index contributed by atoms with van der Waals surface area (Å²) in [5.74, 6) is 1.16. The summed E-state index contributed by atoms with van der Waals surface area (Å²) in [4.78, 5) is 1.68. The first-order valence-electron chi connectivity index (χ1n) is 13.1. The average molecular weight is 522 g/mol. The molecule has 39 heavy (non-hydrogen) atoms. The molecule has 200 valence electrons. The Bertz CT molecular complexity index is 1570. The number of ether oxygens (including phenoxy) is 1. The van der Waals surface area contributed by atoms with Crippen molar-refractivity contribution in [1.82, 2.24) is 15.0 Å². The summed E-state index contributed by atoms with van der Waals surface area (Å²) in [6.07, 6.45) is 0. The summed E-state index contributed by atoms with van der Waals surface area (Å²) < 4.78 is 6.02. The fourth-order valence-corrected chi connectivity index (χ4v) is 4.82.